The molecular weight excluding hydrogens is 360 g/mol. The maximum absolute atomic E-state index is 11.7. The summed E-state index contributed by atoms with van der Waals surface area (Å²) >= 11 is 9.00. The van der Waals surface area contributed by atoms with Crippen molar-refractivity contribution in [1.82, 2.24) is 4.98 Å². The number of nitrogens with one attached hydrogen (secondary N) is 1. The normalized spacial score (nSPS) is 10.0. The Hall–Kier alpha value is -1.92. The van der Waals surface area contributed by atoms with Gasteiger partial charge in [0.05, 0.1) is 5.56 Å². The second-order valence-corrected chi connectivity index (χ2v) is 5.38. The molecule has 5 nitrogen and oxygen atoms in total. The molecule has 0 unspecified atom stereocenters. The number of ether oxygens (including phenoxy) is 1. The Morgan fingerprint density at radius 2 is 2.10 bits per heavy atom. The number of anilines is 1. The summed E-state index contributed by atoms with van der Waals surface area (Å²) in [6, 6.07) is 8.24. The van der Waals surface area contributed by atoms with E-state index in [9.17, 15) is 9.59 Å². The van der Waals surface area contributed by atoms with Gasteiger partial charge in [0.2, 0.25) is 0 Å². The molecule has 7 heteroatoms. The Morgan fingerprint density at radius 3 is 2.81 bits per heavy atom. The maximum atomic E-state index is 11.7. The van der Waals surface area contributed by atoms with Gasteiger partial charge in [-0.2, -0.15) is 0 Å². The molecule has 0 fully saturated rings. The molecule has 2 aromatic rings. The zero-order valence-electron chi connectivity index (χ0n) is 10.7. The van der Waals surface area contributed by atoms with Gasteiger partial charge in [-0.3, -0.25) is 9.78 Å². The van der Waals surface area contributed by atoms with Crippen LogP contribution in [0.1, 0.15) is 10.4 Å². The summed E-state index contributed by atoms with van der Waals surface area (Å²) in [7, 11) is 0. The van der Waals surface area contributed by atoms with E-state index in [0.717, 1.165) is 0 Å². The van der Waals surface area contributed by atoms with Crippen molar-refractivity contribution in [3.05, 3.63) is 57.8 Å². The highest BCUT2D eigenvalue weighted by atomic mass is 79.9. The Morgan fingerprint density at radius 1 is 1.29 bits per heavy atom. The maximum Gasteiger partial charge on any atom is 0.340 e. The molecule has 2 rings (SSSR count). The number of hydrogen-bond acceptors (Lipinski definition) is 4. The van der Waals surface area contributed by atoms with E-state index in [1.807, 2.05) is 0 Å². The van der Waals surface area contributed by atoms with Gasteiger partial charge in [-0.15, -0.1) is 0 Å². The van der Waals surface area contributed by atoms with Crippen molar-refractivity contribution < 1.29 is 14.3 Å². The third-order valence-electron chi connectivity index (χ3n) is 2.38. The molecule has 0 bridgehead atoms. The van der Waals surface area contributed by atoms with E-state index < -0.39 is 18.5 Å². The molecule has 1 aromatic heterocycles. The van der Waals surface area contributed by atoms with Crippen LogP contribution in [0.5, 0.6) is 0 Å². The lowest BCUT2D eigenvalue weighted by molar-refractivity contribution is -0.119. The quantitative estimate of drug-likeness (QED) is 0.840. The number of carbonyl (C=O) groups excluding carboxylic acids is 2. The van der Waals surface area contributed by atoms with E-state index >= 15 is 0 Å². The van der Waals surface area contributed by atoms with E-state index in [1.54, 1.807) is 36.5 Å². The lowest BCUT2D eigenvalue weighted by atomic mass is 10.3. The monoisotopic (exact) mass is 368 g/mol. The van der Waals surface area contributed by atoms with E-state index in [-0.39, 0.29) is 5.56 Å². The van der Waals surface area contributed by atoms with Crippen LogP contribution in [0.4, 0.5) is 5.69 Å². The standard InChI is InChI=1S/C14H10BrClN2O3/c15-10-4-9(6-17-7-10)14(20)21-8-13(19)18-12-3-1-2-11(16)5-12/h1-7H,8H2,(H,18,19). The molecule has 1 aromatic carbocycles. The van der Waals surface area contributed by atoms with Gasteiger partial charge in [0.15, 0.2) is 6.61 Å². The lowest BCUT2D eigenvalue weighted by Gasteiger charge is -2.07. The average molecular weight is 370 g/mol. The Kier molecular flexibility index (Phi) is 5.30. The topological polar surface area (TPSA) is 68.3 Å². The largest absolute Gasteiger partial charge is 0.452 e. The van der Waals surface area contributed by atoms with Crippen LogP contribution < -0.4 is 5.32 Å². The highest BCUT2D eigenvalue weighted by Gasteiger charge is 2.11. The fraction of sp³-hybridized carbons (Fsp3) is 0.0714. The molecule has 1 heterocycles. The van der Waals surface area contributed by atoms with Gasteiger partial charge < -0.3 is 10.1 Å². The zero-order chi connectivity index (χ0) is 15.2. The van der Waals surface area contributed by atoms with Gasteiger partial charge in [0, 0.05) is 27.6 Å². The predicted octanol–water partition coefficient (Wildman–Crippen LogP) is 3.29. The van der Waals surface area contributed by atoms with Crippen LogP contribution >= 0.6 is 27.5 Å². The number of amides is 1. The van der Waals surface area contributed by atoms with E-state index in [1.165, 1.54) is 6.20 Å². The number of benzene rings is 1. The molecule has 21 heavy (non-hydrogen) atoms. The van der Waals surface area contributed by atoms with Crippen molar-refractivity contribution in [1.29, 1.82) is 0 Å². The second-order valence-electron chi connectivity index (χ2n) is 4.03. The first-order chi connectivity index (χ1) is 10.0. The van der Waals surface area contributed by atoms with Crippen LogP contribution in [0.2, 0.25) is 5.02 Å². The highest BCUT2D eigenvalue weighted by Crippen LogP contribution is 2.15. The fourth-order valence-corrected chi connectivity index (χ4v) is 2.06. The van der Waals surface area contributed by atoms with Crippen LogP contribution in [0.25, 0.3) is 0 Å². The van der Waals surface area contributed by atoms with Gasteiger partial charge in [-0.25, -0.2) is 4.79 Å². The first-order valence-electron chi connectivity index (χ1n) is 5.88. The minimum atomic E-state index is -0.620. The molecule has 1 amide bonds. The molecule has 0 aliphatic carbocycles. The average Bonchev–Trinajstić information content (AvgIpc) is 2.45. The van der Waals surface area contributed by atoms with E-state index in [4.69, 9.17) is 16.3 Å². The first kappa shape index (κ1) is 15.5. The van der Waals surface area contributed by atoms with Crippen molar-refractivity contribution in [3.63, 3.8) is 0 Å². The number of halogens is 2. The summed E-state index contributed by atoms with van der Waals surface area (Å²) in [6.45, 7) is -0.391. The first-order valence-corrected chi connectivity index (χ1v) is 7.05. The van der Waals surface area contributed by atoms with Crippen molar-refractivity contribution >= 4 is 45.1 Å². The van der Waals surface area contributed by atoms with Gasteiger partial charge in [0.1, 0.15) is 0 Å². The van der Waals surface area contributed by atoms with Crippen LogP contribution in [-0.4, -0.2) is 23.5 Å². The molecule has 0 aliphatic heterocycles. The number of esters is 1. The van der Waals surface area contributed by atoms with Crippen molar-refractivity contribution in [2.75, 3.05) is 11.9 Å². The number of carbonyl (C=O) groups is 2. The summed E-state index contributed by atoms with van der Waals surface area (Å²) in [5.41, 5.74) is 0.799. The van der Waals surface area contributed by atoms with Crippen molar-refractivity contribution in [3.8, 4) is 0 Å². The Bertz CT molecular complexity index is 679. The summed E-state index contributed by atoms with van der Waals surface area (Å²) in [5, 5.41) is 3.08. The molecule has 0 radical (unpaired) electrons. The summed E-state index contributed by atoms with van der Waals surface area (Å²) in [4.78, 5) is 27.2. The predicted molar refractivity (Wildman–Crippen MR) is 82.3 cm³/mol. The minimum Gasteiger partial charge on any atom is -0.452 e. The number of rotatable bonds is 4. The molecule has 108 valence electrons. The van der Waals surface area contributed by atoms with Gasteiger partial charge in [0.25, 0.3) is 5.91 Å². The summed E-state index contributed by atoms with van der Waals surface area (Å²) in [6.07, 6.45) is 2.91. The molecule has 0 spiro atoms. The lowest BCUT2D eigenvalue weighted by Crippen LogP contribution is -2.21. The highest BCUT2D eigenvalue weighted by molar-refractivity contribution is 9.10. The fourth-order valence-electron chi connectivity index (χ4n) is 1.50. The number of nitrogens with zero attached hydrogens (tertiary/aromatic N) is 1. The smallest absolute Gasteiger partial charge is 0.340 e. The SMILES string of the molecule is O=C(COC(=O)c1cncc(Br)c1)Nc1cccc(Cl)c1. The van der Waals surface area contributed by atoms with Crippen LogP contribution in [0.15, 0.2) is 47.2 Å². The number of pyridine rings is 1. The van der Waals surface area contributed by atoms with Gasteiger partial charge in [-0.05, 0) is 40.2 Å². The van der Waals surface area contributed by atoms with Crippen LogP contribution in [0.3, 0.4) is 0 Å². The molecule has 0 saturated heterocycles. The molecule has 0 aliphatic rings. The zero-order valence-corrected chi connectivity index (χ0v) is 13.0. The number of hydrogen-bond donors (Lipinski definition) is 1. The van der Waals surface area contributed by atoms with Gasteiger partial charge >= 0.3 is 5.97 Å². The van der Waals surface area contributed by atoms with Gasteiger partial charge in [-0.1, -0.05) is 17.7 Å². The van der Waals surface area contributed by atoms with Crippen molar-refractivity contribution in [2.45, 2.75) is 0 Å². The molecular formula is C14H10BrClN2O3. The molecule has 1 N–H and O–H groups in total. The Balaban J connectivity index is 1.88. The minimum absolute atomic E-state index is 0.264. The third kappa shape index (κ3) is 4.84. The van der Waals surface area contributed by atoms with Crippen molar-refractivity contribution in [2.24, 2.45) is 0 Å². The summed E-state index contributed by atoms with van der Waals surface area (Å²) in [5.74, 6) is -1.07. The third-order valence-corrected chi connectivity index (χ3v) is 3.05. The van der Waals surface area contributed by atoms with Crippen LogP contribution in [-0.2, 0) is 9.53 Å². The Labute approximate surface area is 134 Å². The number of aromatic nitrogens is 1. The van der Waals surface area contributed by atoms with Crippen LogP contribution in [0, 0.1) is 0 Å². The summed E-state index contributed by atoms with van der Waals surface area (Å²) < 4.78 is 5.56. The van der Waals surface area contributed by atoms with E-state index in [2.05, 4.69) is 26.2 Å². The molecule has 0 atom stereocenters. The van der Waals surface area contributed by atoms with E-state index in [0.29, 0.717) is 15.2 Å². The molecule has 0 saturated carbocycles. The second kappa shape index (κ2) is 7.19.